The van der Waals surface area contributed by atoms with E-state index in [-0.39, 0.29) is 12.5 Å². The van der Waals surface area contributed by atoms with Crippen LogP contribution in [-0.2, 0) is 11.2 Å². The van der Waals surface area contributed by atoms with E-state index >= 15 is 0 Å². The summed E-state index contributed by atoms with van der Waals surface area (Å²) >= 11 is 5.96. The summed E-state index contributed by atoms with van der Waals surface area (Å²) in [6.45, 7) is 1.98. The minimum Gasteiger partial charge on any atom is -0.482 e. The lowest BCUT2D eigenvalue weighted by atomic mass is 10.1. The van der Waals surface area contributed by atoms with Crippen LogP contribution in [0.15, 0.2) is 48.5 Å². The van der Waals surface area contributed by atoms with Crippen LogP contribution in [0.25, 0.3) is 0 Å². The monoisotopic (exact) mass is 289 g/mol. The number of amides is 1. The highest BCUT2D eigenvalue weighted by Gasteiger charge is 2.07. The zero-order valence-electron chi connectivity index (χ0n) is 11.2. The largest absolute Gasteiger partial charge is 0.482 e. The van der Waals surface area contributed by atoms with Gasteiger partial charge in [-0.1, -0.05) is 48.9 Å². The van der Waals surface area contributed by atoms with Crippen LogP contribution >= 0.6 is 11.6 Å². The fourth-order valence-corrected chi connectivity index (χ4v) is 2.03. The Labute approximate surface area is 123 Å². The average Bonchev–Trinajstić information content (AvgIpc) is 2.47. The number of rotatable bonds is 5. The molecule has 0 bridgehead atoms. The van der Waals surface area contributed by atoms with Gasteiger partial charge in [-0.25, -0.2) is 0 Å². The summed E-state index contributed by atoms with van der Waals surface area (Å²) in [6.07, 6.45) is 0.863. The van der Waals surface area contributed by atoms with E-state index in [1.165, 1.54) is 0 Å². The summed E-state index contributed by atoms with van der Waals surface area (Å²) in [6, 6.07) is 14.8. The van der Waals surface area contributed by atoms with E-state index in [0.717, 1.165) is 17.7 Å². The number of carbonyl (C=O) groups is 1. The Kier molecular flexibility index (Phi) is 5.02. The summed E-state index contributed by atoms with van der Waals surface area (Å²) < 4.78 is 5.40. The Hall–Kier alpha value is -2.00. The van der Waals surface area contributed by atoms with E-state index < -0.39 is 0 Å². The number of ether oxygens (including phenoxy) is 1. The third-order valence-electron chi connectivity index (χ3n) is 2.87. The summed E-state index contributed by atoms with van der Waals surface area (Å²) in [5.74, 6) is 0.305. The molecule has 1 N–H and O–H groups in total. The van der Waals surface area contributed by atoms with E-state index in [1.807, 2.05) is 43.3 Å². The minimum absolute atomic E-state index is 0.0677. The maximum absolute atomic E-state index is 11.9. The van der Waals surface area contributed by atoms with Crippen molar-refractivity contribution in [3.63, 3.8) is 0 Å². The first-order valence-corrected chi connectivity index (χ1v) is 6.83. The van der Waals surface area contributed by atoms with E-state index in [2.05, 4.69) is 5.32 Å². The van der Waals surface area contributed by atoms with Crippen LogP contribution in [-0.4, -0.2) is 12.5 Å². The van der Waals surface area contributed by atoms with Gasteiger partial charge < -0.3 is 10.1 Å². The molecular weight excluding hydrogens is 274 g/mol. The van der Waals surface area contributed by atoms with Gasteiger partial charge in [0.1, 0.15) is 5.75 Å². The van der Waals surface area contributed by atoms with Crippen LogP contribution in [0.3, 0.4) is 0 Å². The number of anilines is 1. The zero-order valence-corrected chi connectivity index (χ0v) is 12.0. The molecule has 0 aliphatic rings. The topological polar surface area (TPSA) is 38.3 Å². The van der Waals surface area contributed by atoms with Crippen LogP contribution in [0.1, 0.15) is 12.5 Å². The number of nitrogens with one attached hydrogen (secondary N) is 1. The van der Waals surface area contributed by atoms with E-state index in [0.29, 0.717) is 10.8 Å². The number of para-hydroxylation sites is 2. The molecular formula is C16H16ClNO2. The van der Waals surface area contributed by atoms with Crippen LogP contribution < -0.4 is 10.1 Å². The van der Waals surface area contributed by atoms with Gasteiger partial charge in [0.2, 0.25) is 0 Å². The molecule has 0 unspecified atom stereocenters. The molecule has 0 saturated carbocycles. The maximum atomic E-state index is 11.9. The number of hydrogen-bond acceptors (Lipinski definition) is 2. The van der Waals surface area contributed by atoms with Gasteiger partial charge in [0, 0.05) is 5.69 Å². The molecule has 0 fully saturated rings. The van der Waals surface area contributed by atoms with Gasteiger partial charge in [-0.3, -0.25) is 4.79 Å². The number of carbonyl (C=O) groups excluding carboxylic acids is 1. The van der Waals surface area contributed by atoms with Gasteiger partial charge >= 0.3 is 0 Å². The predicted octanol–water partition coefficient (Wildman–Crippen LogP) is 3.92. The lowest BCUT2D eigenvalue weighted by Gasteiger charge is -2.11. The minimum atomic E-state index is -0.203. The summed E-state index contributed by atoms with van der Waals surface area (Å²) in [4.78, 5) is 11.9. The van der Waals surface area contributed by atoms with Crippen LogP contribution in [0.2, 0.25) is 5.02 Å². The SMILES string of the molecule is CCc1ccccc1NC(=O)COc1ccccc1Cl. The van der Waals surface area contributed by atoms with E-state index in [1.54, 1.807) is 12.1 Å². The molecule has 0 radical (unpaired) electrons. The second-order valence-corrected chi connectivity index (χ2v) is 4.69. The molecule has 3 nitrogen and oxygen atoms in total. The quantitative estimate of drug-likeness (QED) is 0.906. The molecule has 0 saturated heterocycles. The van der Waals surface area contributed by atoms with Gasteiger partial charge in [0.15, 0.2) is 6.61 Å². The van der Waals surface area contributed by atoms with Crippen molar-refractivity contribution in [2.24, 2.45) is 0 Å². The Morgan fingerprint density at radius 3 is 2.60 bits per heavy atom. The fraction of sp³-hybridized carbons (Fsp3) is 0.188. The van der Waals surface area contributed by atoms with Crippen molar-refractivity contribution in [3.05, 3.63) is 59.1 Å². The third kappa shape index (κ3) is 3.75. The molecule has 0 spiro atoms. The molecule has 2 rings (SSSR count). The molecule has 20 heavy (non-hydrogen) atoms. The Morgan fingerprint density at radius 1 is 1.15 bits per heavy atom. The Balaban J connectivity index is 1.95. The highest BCUT2D eigenvalue weighted by molar-refractivity contribution is 6.32. The molecule has 1 amide bonds. The molecule has 2 aromatic rings. The van der Waals surface area contributed by atoms with Crippen molar-refractivity contribution < 1.29 is 9.53 Å². The van der Waals surface area contributed by atoms with Crippen LogP contribution in [0.5, 0.6) is 5.75 Å². The van der Waals surface area contributed by atoms with Crippen LogP contribution in [0, 0.1) is 0 Å². The molecule has 0 aliphatic heterocycles. The van der Waals surface area contributed by atoms with Crippen molar-refractivity contribution >= 4 is 23.2 Å². The first-order valence-electron chi connectivity index (χ1n) is 6.45. The molecule has 0 atom stereocenters. The second-order valence-electron chi connectivity index (χ2n) is 4.28. The Morgan fingerprint density at radius 2 is 1.85 bits per heavy atom. The normalized spacial score (nSPS) is 10.1. The van der Waals surface area contributed by atoms with Gasteiger partial charge in [0.05, 0.1) is 5.02 Å². The standard InChI is InChI=1S/C16H16ClNO2/c1-2-12-7-3-5-9-14(12)18-16(19)11-20-15-10-6-4-8-13(15)17/h3-10H,2,11H2,1H3,(H,18,19). The summed E-state index contributed by atoms with van der Waals surface area (Å²) in [7, 11) is 0. The van der Waals surface area contributed by atoms with Gasteiger partial charge in [-0.15, -0.1) is 0 Å². The smallest absolute Gasteiger partial charge is 0.262 e. The molecule has 0 aliphatic carbocycles. The van der Waals surface area contributed by atoms with Crippen molar-refractivity contribution in [1.82, 2.24) is 0 Å². The summed E-state index contributed by atoms with van der Waals surface area (Å²) in [5, 5.41) is 3.34. The number of hydrogen-bond donors (Lipinski definition) is 1. The molecule has 0 heterocycles. The third-order valence-corrected chi connectivity index (χ3v) is 3.18. The first-order chi connectivity index (χ1) is 9.70. The number of aryl methyl sites for hydroxylation is 1. The maximum Gasteiger partial charge on any atom is 0.262 e. The Bertz CT molecular complexity index is 599. The first kappa shape index (κ1) is 14.4. The van der Waals surface area contributed by atoms with Crippen molar-refractivity contribution in [2.75, 3.05) is 11.9 Å². The molecule has 2 aromatic carbocycles. The zero-order chi connectivity index (χ0) is 14.4. The lowest BCUT2D eigenvalue weighted by Crippen LogP contribution is -2.20. The molecule has 0 aromatic heterocycles. The predicted molar refractivity (Wildman–Crippen MR) is 81.4 cm³/mol. The van der Waals surface area contributed by atoms with Crippen molar-refractivity contribution in [3.8, 4) is 5.75 Å². The van der Waals surface area contributed by atoms with E-state index in [4.69, 9.17) is 16.3 Å². The average molecular weight is 290 g/mol. The van der Waals surface area contributed by atoms with E-state index in [9.17, 15) is 4.79 Å². The fourth-order valence-electron chi connectivity index (χ4n) is 1.84. The van der Waals surface area contributed by atoms with Crippen molar-refractivity contribution in [2.45, 2.75) is 13.3 Å². The van der Waals surface area contributed by atoms with Gasteiger partial charge in [0.25, 0.3) is 5.91 Å². The number of benzene rings is 2. The highest BCUT2D eigenvalue weighted by Crippen LogP contribution is 2.23. The summed E-state index contributed by atoms with van der Waals surface area (Å²) in [5.41, 5.74) is 1.92. The highest BCUT2D eigenvalue weighted by atomic mass is 35.5. The number of halogens is 1. The second kappa shape index (κ2) is 6.96. The van der Waals surface area contributed by atoms with Gasteiger partial charge in [-0.05, 0) is 30.2 Å². The van der Waals surface area contributed by atoms with Gasteiger partial charge in [-0.2, -0.15) is 0 Å². The molecule has 104 valence electrons. The molecule has 4 heteroatoms. The van der Waals surface area contributed by atoms with Crippen molar-refractivity contribution in [1.29, 1.82) is 0 Å². The lowest BCUT2D eigenvalue weighted by molar-refractivity contribution is -0.118. The van der Waals surface area contributed by atoms with Crippen LogP contribution in [0.4, 0.5) is 5.69 Å².